The number of nitrogens with one attached hydrogen (secondary N) is 3. The van der Waals surface area contributed by atoms with Gasteiger partial charge in [-0.25, -0.2) is 0 Å². The van der Waals surface area contributed by atoms with Gasteiger partial charge in [-0.05, 0) is 38.0 Å². The molecule has 5 nitrogen and oxygen atoms in total. The minimum Gasteiger partial charge on any atom is -0.370 e. The Morgan fingerprint density at radius 3 is 2.39 bits per heavy atom. The van der Waals surface area contributed by atoms with Gasteiger partial charge in [0, 0.05) is 19.0 Å². The SMILES string of the molecule is CCC1CCC(C(=O)NCCCNC(=N)N)CC1. The molecule has 1 aliphatic rings. The molecule has 0 aromatic heterocycles. The standard InChI is InChI=1S/C13H26N4O/c1-2-10-4-6-11(7-5-10)12(18)16-8-3-9-17-13(14)15/h10-11H,2-9H2,1H3,(H,16,18)(H4,14,15,17). The zero-order valence-electron chi connectivity index (χ0n) is 11.3. The molecule has 0 bridgehead atoms. The molecule has 0 spiro atoms. The molecule has 1 saturated carbocycles. The summed E-state index contributed by atoms with van der Waals surface area (Å²) < 4.78 is 0. The molecule has 0 atom stereocenters. The third kappa shape index (κ3) is 5.38. The van der Waals surface area contributed by atoms with Crippen molar-refractivity contribution in [2.75, 3.05) is 13.1 Å². The lowest BCUT2D eigenvalue weighted by atomic mass is 9.80. The molecule has 0 unspecified atom stereocenters. The molecule has 0 aliphatic heterocycles. The number of rotatable bonds is 6. The van der Waals surface area contributed by atoms with Gasteiger partial charge < -0.3 is 16.4 Å². The van der Waals surface area contributed by atoms with Crippen molar-refractivity contribution in [2.45, 2.75) is 45.4 Å². The molecule has 0 radical (unpaired) electrons. The van der Waals surface area contributed by atoms with Crippen LogP contribution in [0.1, 0.15) is 45.4 Å². The van der Waals surface area contributed by atoms with Gasteiger partial charge in [-0.1, -0.05) is 13.3 Å². The van der Waals surface area contributed by atoms with Gasteiger partial charge in [0.05, 0.1) is 0 Å². The summed E-state index contributed by atoms with van der Waals surface area (Å²) in [7, 11) is 0. The van der Waals surface area contributed by atoms with Gasteiger partial charge in [-0.2, -0.15) is 0 Å². The van der Waals surface area contributed by atoms with E-state index >= 15 is 0 Å². The maximum absolute atomic E-state index is 11.9. The predicted molar refractivity (Wildman–Crippen MR) is 73.3 cm³/mol. The molecule has 0 saturated heterocycles. The Bertz CT molecular complexity index is 272. The number of guanidine groups is 1. The lowest BCUT2D eigenvalue weighted by Crippen LogP contribution is -2.36. The first-order valence-corrected chi connectivity index (χ1v) is 6.99. The van der Waals surface area contributed by atoms with Crippen LogP contribution in [0.5, 0.6) is 0 Å². The van der Waals surface area contributed by atoms with Crippen molar-refractivity contribution in [3.8, 4) is 0 Å². The van der Waals surface area contributed by atoms with Crippen LogP contribution in [-0.4, -0.2) is 25.0 Å². The van der Waals surface area contributed by atoms with Crippen molar-refractivity contribution >= 4 is 11.9 Å². The van der Waals surface area contributed by atoms with E-state index in [1.807, 2.05) is 0 Å². The average Bonchev–Trinajstić information content (AvgIpc) is 2.38. The largest absolute Gasteiger partial charge is 0.370 e. The second-order valence-corrected chi connectivity index (χ2v) is 5.11. The van der Waals surface area contributed by atoms with Crippen LogP contribution in [0.4, 0.5) is 0 Å². The third-order valence-electron chi connectivity index (χ3n) is 3.76. The van der Waals surface area contributed by atoms with E-state index in [9.17, 15) is 4.79 Å². The van der Waals surface area contributed by atoms with E-state index in [1.165, 1.54) is 19.3 Å². The number of hydrogen-bond acceptors (Lipinski definition) is 2. The Balaban J connectivity index is 2.08. The highest BCUT2D eigenvalue weighted by Crippen LogP contribution is 2.30. The molecule has 0 heterocycles. The molecule has 104 valence electrons. The van der Waals surface area contributed by atoms with Crippen LogP contribution in [-0.2, 0) is 4.79 Å². The Morgan fingerprint density at radius 1 is 1.22 bits per heavy atom. The minimum atomic E-state index is -0.0146. The van der Waals surface area contributed by atoms with E-state index in [2.05, 4.69) is 17.6 Å². The predicted octanol–water partition coefficient (Wildman–Crippen LogP) is 1.19. The first kappa shape index (κ1) is 14.8. The van der Waals surface area contributed by atoms with Crippen LogP contribution < -0.4 is 16.4 Å². The van der Waals surface area contributed by atoms with E-state index in [0.717, 1.165) is 25.2 Å². The van der Waals surface area contributed by atoms with Crippen molar-refractivity contribution in [3.63, 3.8) is 0 Å². The van der Waals surface area contributed by atoms with Crippen molar-refractivity contribution in [3.05, 3.63) is 0 Å². The minimum absolute atomic E-state index is 0.0146. The molecular formula is C13H26N4O. The first-order chi connectivity index (χ1) is 8.63. The summed E-state index contributed by atoms with van der Waals surface area (Å²) in [5.74, 6) is 1.23. The number of amides is 1. The fraction of sp³-hybridized carbons (Fsp3) is 0.846. The van der Waals surface area contributed by atoms with Gasteiger partial charge in [0.25, 0.3) is 0 Å². The maximum Gasteiger partial charge on any atom is 0.223 e. The number of carbonyl (C=O) groups excluding carboxylic acids is 1. The zero-order valence-corrected chi connectivity index (χ0v) is 11.3. The van der Waals surface area contributed by atoms with Crippen molar-refractivity contribution in [1.29, 1.82) is 5.41 Å². The molecule has 0 aromatic carbocycles. The van der Waals surface area contributed by atoms with Gasteiger partial charge in [-0.15, -0.1) is 0 Å². The monoisotopic (exact) mass is 254 g/mol. The van der Waals surface area contributed by atoms with Crippen LogP contribution in [0.15, 0.2) is 0 Å². The van der Waals surface area contributed by atoms with E-state index in [-0.39, 0.29) is 17.8 Å². The number of nitrogens with two attached hydrogens (primary N) is 1. The fourth-order valence-electron chi connectivity index (χ4n) is 2.50. The second kappa shape index (κ2) is 7.95. The smallest absolute Gasteiger partial charge is 0.223 e. The Morgan fingerprint density at radius 2 is 1.83 bits per heavy atom. The average molecular weight is 254 g/mol. The highest BCUT2D eigenvalue weighted by molar-refractivity contribution is 5.78. The van der Waals surface area contributed by atoms with Crippen molar-refractivity contribution < 1.29 is 4.79 Å². The second-order valence-electron chi connectivity index (χ2n) is 5.11. The summed E-state index contributed by atoms with van der Waals surface area (Å²) >= 11 is 0. The van der Waals surface area contributed by atoms with Crippen molar-refractivity contribution in [2.24, 2.45) is 17.6 Å². The molecular weight excluding hydrogens is 228 g/mol. The summed E-state index contributed by atoms with van der Waals surface area (Å²) in [5.41, 5.74) is 5.16. The van der Waals surface area contributed by atoms with Gasteiger partial charge in [0.2, 0.25) is 5.91 Å². The van der Waals surface area contributed by atoms with E-state index in [1.54, 1.807) is 0 Å². The van der Waals surface area contributed by atoms with Gasteiger partial charge in [0.1, 0.15) is 0 Å². The summed E-state index contributed by atoms with van der Waals surface area (Å²) in [6.45, 7) is 3.53. The summed E-state index contributed by atoms with van der Waals surface area (Å²) in [5, 5.41) is 12.7. The molecule has 18 heavy (non-hydrogen) atoms. The Kier molecular flexibility index (Phi) is 6.54. The summed E-state index contributed by atoms with van der Waals surface area (Å²) in [6, 6.07) is 0. The van der Waals surface area contributed by atoms with Gasteiger partial charge >= 0.3 is 0 Å². The van der Waals surface area contributed by atoms with E-state index in [4.69, 9.17) is 11.1 Å². The van der Waals surface area contributed by atoms with Crippen LogP contribution in [0.25, 0.3) is 0 Å². The maximum atomic E-state index is 11.9. The van der Waals surface area contributed by atoms with Crippen LogP contribution in [0.2, 0.25) is 0 Å². The van der Waals surface area contributed by atoms with E-state index < -0.39 is 0 Å². The van der Waals surface area contributed by atoms with Crippen LogP contribution in [0, 0.1) is 17.2 Å². The lowest BCUT2D eigenvalue weighted by molar-refractivity contribution is -0.126. The number of carbonyl (C=O) groups is 1. The molecule has 5 N–H and O–H groups in total. The van der Waals surface area contributed by atoms with Gasteiger partial charge in [0.15, 0.2) is 5.96 Å². The summed E-state index contributed by atoms with van der Waals surface area (Å²) in [4.78, 5) is 11.9. The Hall–Kier alpha value is -1.26. The molecule has 1 amide bonds. The molecule has 1 aliphatic carbocycles. The topological polar surface area (TPSA) is 91.0 Å². The van der Waals surface area contributed by atoms with Crippen molar-refractivity contribution in [1.82, 2.24) is 10.6 Å². The molecule has 5 heteroatoms. The van der Waals surface area contributed by atoms with Crippen LogP contribution in [0.3, 0.4) is 0 Å². The molecule has 1 rings (SSSR count). The quantitative estimate of drug-likeness (QED) is 0.326. The van der Waals surface area contributed by atoms with E-state index in [0.29, 0.717) is 13.1 Å². The highest BCUT2D eigenvalue weighted by atomic mass is 16.1. The van der Waals surface area contributed by atoms with Crippen LogP contribution >= 0.6 is 0 Å². The normalized spacial score (nSPS) is 23.4. The zero-order chi connectivity index (χ0) is 13.4. The highest BCUT2D eigenvalue weighted by Gasteiger charge is 2.24. The lowest BCUT2D eigenvalue weighted by Gasteiger charge is -2.26. The Labute approximate surface area is 109 Å². The molecule has 0 aromatic rings. The fourth-order valence-corrected chi connectivity index (χ4v) is 2.50. The third-order valence-corrected chi connectivity index (χ3v) is 3.76. The molecule has 1 fully saturated rings. The van der Waals surface area contributed by atoms with Gasteiger partial charge in [-0.3, -0.25) is 10.2 Å². The number of hydrogen-bond donors (Lipinski definition) is 4. The first-order valence-electron chi connectivity index (χ1n) is 6.99. The summed E-state index contributed by atoms with van der Waals surface area (Å²) in [6.07, 6.45) is 6.51.